The highest BCUT2D eigenvalue weighted by atomic mass is 16.6. The average Bonchev–Trinajstić information content (AvgIpc) is 3.45. The van der Waals surface area contributed by atoms with Gasteiger partial charge in [0.2, 0.25) is 11.5 Å². The van der Waals surface area contributed by atoms with Gasteiger partial charge in [-0.15, -0.1) is 0 Å². The van der Waals surface area contributed by atoms with Crippen molar-refractivity contribution in [2.45, 2.75) is 76.7 Å². The zero-order valence-corrected chi connectivity index (χ0v) is 42.1. The predicted octanol–water partition coefficient (Wildman–Crippen LogP) is 8.34. The summed E-state index contributed by atoms with van der Waals surface area (Å²) in [6.45, 7) is 4.52. The van der Waals surface area contributed by atoms with E-state index >= 15 is 0 Å². The van der Waals surface area contributed by atoms with Crippen molar-refractivity contribution >= 4 is 36.1 Å². The summed E-state index contributed by atoms with van der Waals surface area (Å²) in [4.78, 5) is 109. The molecule has 0 spiro atoms. The fourth-order valence-electron chi connectivity index (χ4n) is 8.54. The molecule has 6 aromatic rings. The normalized spacial score (nSPS) is 17.0. The molecule has 20 nitrogen and oxygen atoms in total. The van der Waals surface area contributed by atoms with Gasteiger partial charge in [-0.3, -0.25) is 14.6 Å². The molecule has 4 heterocycles. The number of nitrogens with one attached hydrogen (secondary N) is 1. The van der Waals surface area contributed by atoms with Crippen molar-refractivity contribution in [3.8, 4) is 17.4 Å². The summed E-state index contributed by atoms with van der Waals surface area (Å²) in [6.07, 6.45) is 2.91. The van der Waals surface area contributed by atoms with E-state index in [2.05, 4.69) is 19.9 Å². The van der Waals surface area contributed by atoms with Crippen LogP contribution in [-0.2, 0) is 43.2 Å². The van der Waals surface area contributed by atoms with E-state index in [4.69, 9.17) is 33.2 Å². The number of hydrogen-bond donors (Lipinski definition) is 1. The van der Waals surface area contributed by atoms with Crippen molar-refractivity contribution in [3.05, 3.63) is 177 Å². The molecule has 4 aromatic carbocycles. The topological polar surface area (TPSA) is 245 Å². The molecule has 0 aliphatic carbocycles. The third-order valence-corrected chi connectivity index (χ3v) is 12.7. The minimum Gasteiger partial charge on any atom is -0.478 e. The second-order valence-corrected chi connectivity index (χ2v) is 17.7. The standard InChI is InChI=1S/C28H29N3O7.C27H27N3O7/c1-28(16-10-11-17-31(28)27(34)37-18-19-12-6-4-7-13-19)26-29-21(25(33)36-3)22(23(30-26)35-2)38-24(32)20-14-8-5-9-15-20;1-27(15-9-10-16-30(27)26(34)36-17-18-11-5-3-6-12-18)25-28-20(24(33)35-2)21(22(31)29-25)37-23(32)19-13-7-4-8-14-19/h4-9,12-15H,10-11,16-18H2,1-3H3;3-8,11-14H,9-10,15-17H2,1-2H3,(H,28,29,31). The molecule has 2 fully saturated rings. The van der Waals surface area contributed by atoms with Crippen LogP contribution in [0.3, 0.4) is 0 Å². The molecule has 2 amide bonds. The van der Waals surface area contributed by atoms with E-state index in [1.54, 1.807) is 67.3 Å². The van der Waals surface area contributed by atoms with Crippen LogP contribution in [0.15, 0.2) is 126 Å². The number of aromatic amines is 1. The van der Waals surface area contributed by atoms with Crippen LogP contribution in [0.4, 0.5) is 9.59 Å². The van der Waals surface area contributed by atoms with Gasteiger partial charge in [0.25, 0.3) is 11.4 Å². The van der Waals surface area contributed by atoms with Crippen LogP contribution < -0.4 is 19.8 Å². The maximum atomic E-state index is 13.2. The van der Waals surface area contributed by atoms with Crippen molar-refractivity contribution in [2.24, 2.45) is 0 Å². The molecular weight excluding hydrogens is 969 g/mol. The number of methoxy groups -OCH3 is 3. The summed E-state index contributed by atoms with van der Waals surface area (Å²) in [7, 11) is 3.65. The van der Waals surface area contributed by atoms with E-state index in [9.17, 15) is 33.6 Å². The number of benzene rings is 4. The second kappa shape index (κ2) is 24.7. The molecule has 2 saturated heterocycles. The third-order valence-electron chi connectivity index (χ3n) is 12.7. The monoisotopic (exact) mass is 1020 g/mol. The first-order valence-corrected chi connectivity index (χ1v) is 24.0. The number of likely N-dealkylation sites (tertiary alicyclic amines) is 2. The number of hydrogen-bond acceptors (Lipinski definition) is 17. The second-order valence-electron chi connectivity index (χ2n) is 17.7. The Hall–Kier alpha value is -8.94. The van der Waals surface area contributed by atoms with Crippen LogP contribution >= 0.6 is 0 Å². The molecule has 2 aliphatic rings. The third kappa shape index (κ3) is 12.6. The average molecular weight is 1030 g/mol. The minimum absolute atomic E-state index is 0.0637. The van der Waals surface area contributed by atoms with E-state index in [0.29, 0.717) is 25.9 Å². The lowest BCUT2D eigenvalue weighted by molar-refractivity contribution is 0.0244. The Morgan fingerprint density at radius 3 is 1.43 bits per heavy atom. The first-order valence-electron chi connectivity index (χ1n) is 24.0. The fraction of sp³-hybridized carbons (Fsp3) is 0.309. The number of rotatable bonds is 13. The quantitative estimate of drug-likeness (QED) is 0.0843. The Bertz CT molecular complexity index is 3050. The van der Waals surface area contributed by atoms with Crippen molar-refractivity contribution in [3.63, 3.8) is 0 Å². The lowest BCUT2D eigenvalue weighted by Crippen LogP contribution is -2.52. The van der Waals surface area contributed by atoms with Gasteiger partial charge in [0.1, 0.15) is 30.1 Å². The summed E-state index contributed by atoms with van der Waals surface area (Å²) in [5, 5.41) is 0. The number of amides is 2. The molecule has 1 N–H and O–H groups in total. The van der Waals surface area contributed by atoms with Crippen LogP contribution in [0.5, 0.6) is 17.4 Å². The Labute approximate surface area is 431 Å². The first kappa shape index (κ1) is 53.8. The highest BCUT2D eigenvalue weighted by Crippen LogP contribution is 2.40. The van der Waals surface area contributed by atoms with E-state index in [0.717, 1.165) is 43.9 Å². The van der Waals surface area contributed by atoms with E-state index in [-0.39, 0.29) is 53.3 Å². The number of esters is 4. The maximum Gasteiger partial charge on any atom is 0.410 e. The van der Waals surface area contributed by atoms with Crippen molar-refractivity contribution in [1.82, 2.24) is 29.7 Å². The molecule has 75 heavy (non-hydrogen) atoms. The molecule has 8 rings (SSSR count). The highest BCUT2D eigenvalue weighted by Gasteiger charge is 2.45. The molecule has 2 atom stereocenters. The van der Waals surface area contributed by atoms with Crippen molar-refractivity contribution in [2.75, 3.05) is 34.4 Å². The van der Waals surface area contributed by atoms with Gasteiger partial charge in [-0.25, -0.2) is 38.7 Å². The largest absolute Gasteiger partial charge is 0.478 e. The Morgan fingerprint density at radius 1 is 0.533 bits per heavy atom. The van der Waals surface area contributed by atoms with Gasteiger partial charge >= 0.3 is 36.1 Å². The van der Waals surface area contributed by atoms with Gasteiger partial charge in [0.05, 0.1) is 32.5 Å². The molecular formula is C55H56N6O14. The van der Waals surface area contributed by atoms with E-state index in [1.165, 1.54) is 31.3 Å². The van der Waals surface area contributed by atoms with E-state index in [1.807, 2.05) is 60.7 Å². The number of piperidine rings is 2. The number of nitrogens with zero attached hydrogens (tertiary/aromatic N) is 5. The minimum atomic E-state index is -1.09. The van der Waals surface area contributed by atoms with Crippen molar-refractivity contribution in [1.29, 1.82) is 0 Å². The molecule has 390 valence electrons. The summed E-state index contributed by atoms with van der Waals surface area (Å²) < 4.78 is 37.1. The Balaban J connectivity index is 0.000000219. The number of aromatic nitrogens is 4. The zero-order valence-electron chi connectivity index (χ0n) is 42.1. The van der Waals surface area contributed by atoms with Gasteiger partial charge in [-0.1, -0.05) is 97.1 Å². The lowest BCUT2D eigenvalue weighted by Gasteiger charge is -2.43. The van der Waals surface area contributed by atoms with Gasteiger partial charge < -0.3 is 38.1 Å². The predicted molar refractivity (Wildman–Crippen MR) is 268 cm³/mol. The zero-order chi connectivity index (χ0) is 53.5. The summed E-state index contributed by atoms with van der Waals surface area (Å²) in [6, 6.07) is 34.9. The molecule has 20 heteroatoms. The molecule has 0 radical (unpaired) electrons. The molecule has 2 unspecified atom stereocenters. The lowest BCUT2D eigenvalue weighted by atomic mass is 9.87. The van der Waals surface area contributed by atoms with Crippen molar-refractivity contribution < 1.29 is 61.9 Å². The smallest absolute Gasteiger partial charge is 0.410 e. The number of carbonyl (C=O) groups excluding carboxylic acids is 6. The number of ether oxygens (including phenoxy) is 7. The van der Waals surface area contributed by atoms with E-state index < -0.39 is 64.1 Å². The van der Waals surface area contributed by atoms with Crippen LogP contribution in [0.2, 0.25) is 0 Å². The number of carbonyl (C=O) groups is 6. The highest BCUT2D eigenvalue weighted by molar-refractivity contribution is 5.96. The van der Waals surface area contributed by atoms with Gasteiger partial charge in [0.15, 0.2) is 17.2 Å². The Morgan fingerprint density at radius 2 is 0.960 bits per heavy atom. The summed E-state index contributed by atoms with van der Waals surface area (Å²) >= 11 is 0. The van der Waals surface area contributed by atoms with Gasteiger partial charge in [0, 0.05) is 13.1 Å². The van der Waals surface area contributed by atoms with Gasteiger partial charge in [-0.05, 0) is 87.8 Å². The molecule has 2 aromatic heterocycles. The Kier molecular flexibility index (Phi) is 17.7. The molecule has 2 aliphatic heterocycles. The fourth-order valence-corrected chi connectivity index (χ4v) is 8.54. The van der Waals surface area contributed by atoms with Gasteiger partial charge in [-0.2, -0.15) is 4.98 Å². The first-order chi connectivity index (χ1) is 36.2. The summed E-state index contributed by atoms with van der Waals surface area (Å²) in [5.74, 6) is -4.14. The maximum absolute atomic E-state index is 13.2. The number of H-pyrrole nitrogens is 1. The van der Waals surface area contributed by atoms with Crippen LogP contribution in [-0.4, -0.2) is 100 Å². The van der Waals surface area contributed by atoms with Crippen LogP contribution in [0.25, 0.3) is 0 Å². The molecule has 0 bridgehead atoms. The van der Waals surface area contributed by atoms with Crippen LogP contribution in [0.1, 0.15) is 117 Å². The molecule has 0 saturated carbocycles. The summed E-state index contributed by atoms with van der Waals surface area (Å²) in [5.41, 5.74) is -1.57. The van der Waals surface area contributed by atoms with Crippen LogP contribution in [0, 0.1) is 0 Å². The SMILES string of the molecule is COC(=O)c1nc(C2(C)CCCCN2C(=O)OCc2ccccc2)[nH]c(=O)c1OC(=O)c1ccccc1.COC(=O)c1nc(C2(C)CCCCN2C(=O)OCc2ccccc2)nc(OC)c1OC(=O)c1ccccc1.